The second-order valence-corrected chi connectivity index (χ2v) is 8.19. The Morgan fingerprint density at radius 2 is 2.03 bits per heavy atom. The normalized spacial score (nSPS) is 21.9. The average molecular weight is 472 g/mol. The first kappa shape index (κ1) is 23.1. The molecule has 1 aliphatic heterocycles. The van der Waals surface area contributed by atoms with Crippen LogP contribution in [0.4, 0.5) is 4.39 Å². The van der Waals surface area contributed by atoms with Crippen molar-refractivity contribution < 1.29 is 24.2 Å². The van der Waals surface area contributed by atoms with E-state index >= 15 is 0 Å². The van der Waals surface area contributed by atoms with Gasteiger partial charge in [-0.25, -0.2) is 4.39 Å². The standard InChI is InChI=1S/C20H19ClFN3O5.ClH/c1-24-9-20(5-11(26)6-20)25-8-12(16(27)17(28)15(25)19(24)30)18(29)23-7-10-3-2-4-13(21)14(10)22;/h2-4,8,11,26,28H,5-7,9H2,1H3,(H,23,29);1H/t11-,20-;. The summed E-state index contributed by atoms with van der Waals surface area (Å²) in [5, 5.41) is 22.6. The van der Waals surface area contributed by atoms with Crippen LogP contribution >= 0.6 is 24.0 Å². The smallest absolute Gasteiger partial charge is 0.274 e. The van der Waals surface area contributed by atoms with Crippen LogP contribution in [0.1, 0.15) is 39.3 Å². The highest BCUT2D eigenvalue weighted by Gasteiger charge is 2.51. The van der Waals surface area contributed by atoms with Gasteiger partial charge in [0.2, 0.25) is 5.43 Å². The van der Waals surface area contributed by atoms with Gasteiger partial charge in [0.15, 0.2) is 11.4 Å². The number of amides is 2. The number of aliphatic hydroxyl groups excluding tert-OH is 1. The van der Waals surface area contributed by atoms with E-state index in [0.717, 1.165) is 0 Å². The van der Waals surface area contributed by atoms with Crippen LogP contribution in [-0.4, -0.2) is 51.2 Å². The number of carbonyl (C=O) groups excluding carboxylic acids is 2. The van der Waals surface area contributed by atoms with Crippen LogP contribution in [0.3, 0.4) is 0 Å². The van der Waals surface area contributed by atoms with Crippen molar-refractivity contribution >= 4 is 35.8 Å². The SMILES string of the molecule is CN1C[C@]2(C[C@@H](O)C2)n2cc(C(=O)NCc3cccc(Cl)c3F)c(=O)c(O)c2C1=O.Cl. The Morgan fingerprint density at radius 3 is 2.68 bits per heavy atom. The van der Waals surface area contributed by atoms with Crippen LogP contribution in [0.25, 0.3) is 0 Å². The predicted octanol–water partition coefficient (Wildman–Crippen LogP) is 1.63. The van der Waals surface area contributed by atoms with Gasteiger partial charge in [-0.1, -0.05) is 23.7 Å². The van der Waals surface area contributed by atoms with Crippen LogP contribution in [-0.2, 0) is 12.1 Å². The van der Waals surface area contributed by atoms with Crippen molar-refractivity contribution in [3.8, 4) is 5.75 Å². The Hall–Kier alpha value is -2.62. The van der Waals surface area contributed by atoms with E-state index in [1.54, 1.807) is 7.05 Å². The minimum absolute atomic E-state index is 0. The topological polar surface area (TPSA) is 112 Å². The predicted molar refractivity (Wildman–Crippen MR) is 112 cm³/mol. The Balaban J connectivity index is 0.00000272. The molecule has 0 atom stereocenters. The summed E-state index contributed by atoms with van der Waals surface area (Å²) in [6.07, 6.45) is 1.28. The van der Waals surface area contributed by atoms with Crippen molar-refractivity contribution in [1.82, 2.24) is 14.8 Å². The van der Waals surface area contributed by atoms with Gasteiger partial charge in [-0.15, -0.1) is 12.4 Å². The maximum atomic E-state index is 14.0. The number of nitrogens with zero attached hydrogens (tertiary/aromatic N) is 2. The number of aromatic nitrogens is 1. The largest absolute Gasteiger partial charge is 0.503 e. The van der Waals surface area contributed by atoms with E-state index < -0.39 is 40.5 Å². The molecule has 1 aromatic heterocycles. The Kier molecular flexibility index (Phi) is 6.05. The molecule has 1 aromatic carbocycles. The first-order chi connectivity index (χ1) is 14.1. The highest BCUT2D eigenvalue weighted by Crippen LogP contribution is 2.44. The molecule has 1 saturated carbocycles. The minimum atomic E-state index is -0.996. The summed E-state index contributed by atoms with van der Waals surface area (Å²) < 4.78 is 15.5. The lowest BCUT2D eigenvalue weighted by Crippen LogP contribution is -2.61. The lowest BCUT2D eigenvalue weighted by atomic mass is 9.72. The molecule has 2 aliphatic rings. The van der Waals surface area contributed by atoms with Gasteiger partial charge in [0.1, 0.15) is 11.4 Å². The molecule has 2 amide bonds. The van der Waals surface area contributed by atoms with Gasteiger partial charge in [0.25, 0.3) is 11.8 Å². The van der Waals surface area contributed by atoms with Crippen LogP contribution in [0.5, 0.6) is 5.75 Å². The number of halogens is 3. The van der Waals surface area contributed by atoms with E-state index in [0.29, 0.717) is 12.8 Å². The Labute approximate surface area is 187 Å². The fourth-order valence-electron chi connectivity index (χ4n) is 4.21. The number of pyridine rings is 1. The van der Waals surface area contributed by atoms with Crippen LogP contribution in [0.15, 0.2) is 29.2 Å². The number of likely N-dealkylation sites (N-methyl/N-ethyl adjacent to an activating group) is 1. The monoisotopic (exact) mass is 471 g/mol. The van der Waals surface area contributed by atoms with E-state index in [1.807, 2.05) is 0 Å². The van der Waals surface area contributed by atoms with Gasteiger partial charge in [-0.05, 0) is 18.9 Å². The molecule has 166 valence electrons. The zero-order valence-electron chi connectivity index (χ0n) is 16.4. The molecule has 11 heteroatoms. The van der Waals surface area contributed by atoms with Gasteiger partial charge >= 0.3 is 0 Å². The lowest BCUT2D eigenvalue weighted by molar-refractivity contribution is -0.0453. The molecule has 2 aromatic rings. The molecule has 4 rings (SSSR count). The van der Waals surface area contributed by atoms with Crippen molar-refractivity contribution in [2.24, 2.45) is 0 Å². The summed E-state index contributed by atoms with van der Waals surface area (Å²) in [6.45, 7) is 0.0473. The van der Waals surface area contributed by atoms with Crippen molar-refractivity contribution in [2.75, 3.05) is 13.6 Å². The van der Waals surface area contributed by atoms with Gasteiger partial charge in [-0.3, -0.25) is 14.4 Å². The molecular weight excluding hydrogens is 452 g/mol. The third kappa shape index (κ3) is 3.66. The number of aliphatic hydroxyl groups is 1. The summed E-state index contributed by atoms with van der Waals surface area (Å²) in [6, 6.07) is 4.34. The van der Waals surface area contributed by atoms with E-state index in [-0.39, 0.29) is 47.3 Å². The first-order valence-corrected chi connectivity index (χ1v) is 9.66. The van der Waals surface area contributed by atoms with Gasteiger partial charge in [0.05, 0.1) is 16.7 Å². The summed E-state index contributed by atoms with van der Waals surface area (Å²) in [5.74, 6) is -2.88. The van der Waals surface area contributed by atoms with E-state index in [9.17, 15) is 29.0 Å². The van der Waals surface area contributed by atoms with E-state index in [1.165, 1.54) is 33.9 Å². The lowest BCUT2D eigenvalue weighted by Gasteiger charge is -2.52. The fraction of sp³-hybridized carbons (Fsp3) is 0.350. The number of fused-ring (bicyclic) bond motifs is 2. The fourth-order valence-corrected chi connectivity index (χ4v) is 4.40. The summed E-state index contributed by atoms with van der Waals surface area (Å²) in [5.41, 5.74) is -2.16. The molecule has 0 radical (unpaired) electrons. The molecule has 8 nitrogen and oxygen atoms in total. The van der Waals surface area contributed by atoms with Crippen molar-refractivity contribution in [3.63, 3.8) is 0 Å². The molecule has 0 bridgehead atoms. The first-order valence-electron chi connectivity index (χ1n) is 9.28. The molecule has 0 unspecified atom stereocenters. The van der Waals surface area contributed by atoms with E-state index in [2.05, 4.69) is 5.32 Å². The number of rotatable bonds is 3. The Morgan fingerprint density at radius 1 is 1.35 bits per heavy atom. The average Bonchev–Trinajstić information content (AvgIpc) is 2.67. The maximum Gasteiger partial charge on any atom is 0.274 e. The quantitative estimate of drug-likeness (QED) is 0.629. The zero-order valence-corrected chi connectivity index (χ0v) is 18.0. The molecule has 2 heterocycles. The van der Waals surface area contributed by atoms with Gasteiger partial charge in [0, 0.05) is 31.9 Å². The van der Waals surface area contributed by atoms with Crippen molar-refractivity contribution in [3.05, 3.63) is 62.3 Å². The van der Waals surface area contributed by atoms with Crippen LogP contribution in [0.2, 0.25) is 5.02 Å². The molecule has 1 fully saturated rings. The van der Waals surface area contributed by atoms with Crippen molar-refractivity contribution in [2.45, 2.75) is 31.0 Å². The number of carbonyl (C=O) groups is 2. The third-order valence-corrected chi connectivity index (χ3v) is 6.01. The minimum Gasteiger partial charge on any atom is -0.503 e. The third-order valence-electron chi connectivity index (χ3n) is 5.72. The number of aromatic hydroxyl groups is 1. The summed E-state index contributed by atoms with van der Waals surface area (Å²) >= 11 is 5.73. The van der Waals surface area contributed by atoms with Crippen LogP contribution < -0.4 is 10.7 Å². The number of hydrogen-bond donors (Lipinski definition) is 3. The van der Waals surface area contributed by atoms with Crippen LogP contribution in [0, 0.1) is 5.82 Å². The highest BCUT2D eigenvalue weighted by atomic mass is 35.5. The van der Waals surface area contributed by atoms with E-state index in [4.69, 9.17) is 11.6 Å². The molecule has 31 heavy (non-hydrogen) atoms. The number of benzene rings is 1. The van der Waals surface area contributed by atoms with Gasteiger partial charge in [-0.2, -0.15) is 0 Å². The molecule has 0 saturated heterocycles. The molecule has 1 spiro atoms. The summed E-state index contributed by atoms with van der Waals surface area (Å²) in [7, 11) is 1.54. The molecule has 3 N–H and O–H groups in total. The zero-order chi connectivity index (χ0) is 21.8. The van der Waals surface area contributed by atoms with Gasteiger partial charge < -0.3 is 25.0 Å². The second-order valence-electron chi connectivity index (χ2n) is 7.78. The molecular formula is C20H20Cl2FN3O5. The number of nitrogens with one attached hydrogen (secondary N) is 1. The maximum absolute atomic E-state index is 14.0. The summed E-state index contributed by atoms with van der Waals surface area (Å²) in [4.78, 5) is 39.2. The number of hydrogen-bond acceptors (Lipinski definition) is 5. The highest BCUT2D eigenvalue weighted by molar-refractivity contribution is 6.30. The molecule has 1 aliphatic carbocycles. The second kappa shape index (κ2) is 8.14. The Bertz CT molecular complexity index is 1130. The van der Waals surface area contributed by atoms with Crippen molar-refractivity contribution in [1.29, 1.82) is 0 Å².